The number of aryl methyl sites for hydroxylation is 1. The molecule has 1 fully saturated rings. The molecule has 1 amide bonds. The fourth-order valence-electron chi connectivity index (χ4n) is 4.27. The van der Waals surface area contributed by atoms with Gasteiger partial charge >= 0.3 is 12.3 Å². The molecule has 45 heavy (non-hydrogen) atoms. The van der Waals surface area contributed by atoms with Gasteiger partial charge in [-0.3, -0.25) is 4.79 Å². The van der Waals surface area contributed by atoms with Gasteiger partial charge in [-0.25, -0.2) is 27.6 Å². The van der Waals surface area contributed by atoms with E-state index in [0.29, 0.717) is 18.5 Å². The zero-order chi connectivity index (χ0) is 32.7. The summed E-state index contributed by atoms with van der Waals surface area (Å²) in [5.41, 5.74) is 0.614. The zero-order valence-corrected chi connectivity index (χ0v) is 25.2. The molecule has 2 atom stereocenters. The van der Waals surface area contributed by atoms with Crippen molar-refractivity contribution in [3.8, 4) is 16.9 Å². The summed E-state index contributed by atoms with van der Waals surface area (Å²) in [6.07, 6.45) is -6.86. The second-order valence-corrected chi connectivity index (χ2v) is 12.1. The van der Waals surface area contributed by atoms with Crippen molar-refractivity contribution in [2.75, 3.05) is 11.6 Å². The van der Waals surface area contributed by atoms with E-state index in [4.69, 9.17) is 18.9 Å². The van der Waals surface area contributed by atoms with E-state index in [9.17, 15) is 31.2 Å². The van der Waals surface area contributed by atoms with Crippen molar-refractivity contribution in [3.63, 3.8) is 0 Å². The molecule has 14 nitrogen and oxygen atoms in total. The largest absolute Gasteiger partial charge is 0.511 e. The molecule has 1 saturated heterocycles. The average Bonchev–Trinajstić information content (AvgIpc) is 3.47. The number of hydrogen-bond donors (Lipinski definition) is 1. The summed E-state index contributed by atoms with van der Waals surface area (Å²) in [5, 5.41) is 5.93. The molecule has 2 aromatic carbocycles. The van der Waals surface area contributed by atoms with Crippen LogP contribution in [0, 0.1) is 6.92 Å². The predicted octanol–water partition coefficient (Wildman–Crippen LogP) is 3.61. The molecule has 0 spiro atoms. The molecule has 1 N–H and O–H groups in total. The van der Waals surface area contributed by atoms with Crippen LogP contribution < -0.4 is 14.6 Å². The number of ether oxygens (including phenoxy) is 2. The van der Waals surface area contributed by atoms with Gasteiger partial charge in [0.15, 0.2) is 5.69 Å². The number of carbonyl (C=O) groups is 2. The number of sulfonamides is 1. The third-order valence-electron chi connectivity index (χ3n) is 6.58. The molecule has 2 aromatic heterocycles. The summed E-state index contributed by atoms with van der Waals surface area (Å²) in [5.74, 6) is -0.853. The standard InChI is InChI=1S/C27H29F3N6O8S/c1-16(2)41-26(38)42-18(4)43-36-35(44-36)33-14-13-22(33)25(37)32-45(39,40)21-11-9-20(10-12-21)34-23(15-24(31-34)27(28,29)30)19-7-5-17(3)6-8-19/h5-12,15-16,18,22H,13-14H2,1-4H3,(H,32,37)/t18?,22-,35?,36?/m0/s1. The van der Waals surface area contributed by atoms with Gasteiger partial charge in [0.05, 0.1) is 27.3 Å². The van der Waals surface area contributed by atoms with E-state index < -0.39 is 52.4 Å². The van der Waals surface area contributed by atoms with Crippen LogP contribution in [0.2, 0.25) is 0 Å². The highest BCUT2D eigenvalue weighted by Gasteiger charge is 2.42. The highest BCUT2D eigenvalue weighted by molar-refractivity contribution is 7.90. The maximum atomic E-state index is 13.5. The molecule has 1 aliphatic rings. The summed E-state index contributed by atoms with van der Waals surface area (Å²) < 4.78 is 84.5. The Balaban J connectivity index is 1.25. The highest BCUT2D eigenvalue weighted by atomic mass is 32.2. The molecule has 242 valence electrons. The summed E-state index contributed by atoms with van der Waals surface area (Å²) in [4.78, 5) is 30.5. The zero-order valence-electron chi connectivity index (χ0n) is 24.4. The Bertz CT molecular complexity index is 1770. The summed E-state index contributed by atoms with van der Waals surface area (Å²) in [6.45, 7) is 6.86. The number of nitrogens with one attached hydrogen (secondary N) is 1. The van der Waals surface area contributed by atoms with E-state index >= 15 is 0 Å². The van der Waals surface area contributed by atoms with E-state index in [0.717, 1.165) is 38.4 Å². The summed E-state index contributed by atoms with van der Waals surface area (Å²) in [7, 11) is -4.36. The molecule has 1 aliphatic heterocycles. The van der Waals surface area contributed by atoms with Gasteiger partial charge < -0.3 is 14.3 Å². The van der Waals surface area contributed by atoms with Gasteiger partial charge in [-0.1, -0.05) is 29.8 Å². The topological polar surface area (TPSA) is 152 Å². The minimum absolute atomic E-state index is 0.156. The molecule has 0 radical (unpaired) electrons. The second kappa shape index (κ2) is 11.9. The van der Waals surface area contributed by atoms with Crippen LogP contribution in [0.3, 0.4) is 0 Å². The van der Waals surface area contributed by atoms with Gasteiger partial charge in [0.2, 0.25) is 0 Å². The lowest BCUT2D eigenvalue weighted by Gasteiger charge is -2.35. The Morgan fingerprint density at radius 1 is 1.04 bits per heavy atom. The first-order valence-corrected chi connectivity index (χ1v) is 15.1. The molecule has 0 bridgehead atoms. The van der Waals surface area contributed by atoms with Crippen molar-refractivity contribution in [2.45, 2.75) is 63.6 Å². The number of aromatic nitrogens is 4. The third kappa shape index (κ3) is 7.11. The van der Waals surface area contributed by atoms with Crippen molar-refractivity contribution >= 4 is 22.1 Å². The maximum absolute atomic E-state index is 13.5. The Kier molecular flexibility index (Phi) is 8.35. The number of alkyl halides is 3. The first kappa shape index (κ1) is 31.6. The van der Waals surface area contributed by atoms with Crippen LogP contribution in [0.15, 0.2) is 64.1 Å². The molecule has 0 aliphatic carbocycles. The van der Waals surface area contributed by atoms with E-state index in [2.05, 4.69) is 5.10 Å². The van der Waals surface area contributed by atoms with Crippen molar-refractivity contribution in [3.05, 3.63) is 65.9 Å². The lowest BCUT2D eigenvalue weighted by atomic mass is 10.1. The van der Waals surface area contributed by atoms with Gasteiger partial charge in [0, 0.05) is 19.0 Å². The number of rotatable bonds is 10. The normalized spacial score (nSPS) is 15.9. The van der Waals surface area contributed by atoms with Crippen LogP contribution >= 0.6 is 0 Å². The van der Waals surface area contributed by atoms with Crippen LogP contribution in [0.5, 0.6) is 0 Å². The van der Waals surface area contributed by atoms with Crippen molar-refractivity contribution in [1.82, 2.24) is 24.5 Å². The van der Waals surface area contributed by atoms with Crippen LogP contribution in [0.1, 0.15) is 38.4 Å². The SMILES string of the molecule is Cc1ccc(-c2cc(C(F)(F)F)nn2-c2ccc(S(=O)(=O)NC(=O)[C@@H]3CCN3n3on3OC(C)OC(=O)OC(C)C)cc2)cc1. The van der Waals surface area contributed by atoms with E-state index in [1.807, 2.05) is 11.6 Å². The van der Waals surface area contributed by atoms with Crippen LogP contribution in [-0.4, -0.2) is 65.2 Å². The van der Waals surface area contributed by atoms with Crippen molar-refractivity contribution in [2.24, 2.45) is 0 Å². The quantitative estimate of drug-likeness (QED) is 0.198. The number of nitrogens with zero attached hydrogens (tertiary/aromatic N) is 5. The van der Waals surface area contributed by atoms with E-state index in [-0.39, 0.29) is 16.3 Å². The number of carbonyl (C=O) groups excluding carboxylic acids is 2. The van der Waals surface area contributed by atoms with Crippen LogP contribution in [0.4, 0.5) is 18.0 Å². The minimum atomic E-state index is -4.70. The Labute approximate surface area is 254 Å². The molecule has 1 unspecified atom stereocenters. The number of benzene rings is 2. The second-order valence-electron chi connectivity index (χ2n) is 10.4. The van der Waals surface area contributed by atoms with Gasteiger partial charge in [0.1, 0.15) is 11.1 Å². The molecular weight excluding hydrogens is 625 g/mol. The number of hydrogen-bond acceptors (Lipinski definition) is 10. The highest BCUT2D eigenvalue weighted by Crippen LogP contribution is 2.33. The maximum Gasteiger partial charge on any atom is 0.511 e. The van der Waals surface area contributed by atoms with E-state index in [1.54, 1.807) is 38.1 Å². The fourth-order valence-corrected chi connectivity index (χ4v) is 5.28. The molecule has 5 rings (SSSR count). The molecule has 0 saturated carbocycles. The predicted molar refractivity (Wildman–Crippen MR) is 149 cm³/mol. The summed E-state index contributed by atoms with van der Waals surface area (Å²) >= 11 is 0. The van der Waals surface area contributed by atoms with Crippen molar-refractivity contribution < 1.29 is 50.1 Å². The van der Waals surface area contributed by atoms with Gasteiger partial charge in [0.25, 0.3) is 22.2 Å². The van der Waals surface area contributed by atoms with Gasteiger partial charge in [-0.2, -0.15) is 22.9 Å². The molecule has 18 heteroatoms. The van der Waals surface area contributed by atoms with Crippen molar-refractivity contribution in [1.29, 1.82) is 0 Å². The van der Waals surface area contributed by atoms with Gasteiger partial charge in [-0.15, -0.1) is 0 Å². The van der Waals surface area contributed by atoms with E-state index in [1.165, 1.54) is 24.1 Å². The average molecular weight is 655 g/mol. The monoisotopic (exact) mass is 654 g/mol. The lowest BCUT2D eigenvalue weighted by molar-refractivity contribution is -0.141. The Morgan fingerprint density at radius 3 is 2.29 bits per heavy atom. The fraction of sp³-hybridized carbons (Fsp3) is 0.370. The Hall–Kier alpha value is -4.87. The third-order valence-corrected chi connectivity index (χ3v) is 7.94. The smallest absolute Gasteiger partial charge is 0.431 e. The Morgan fingerprint density at radius 2 is 1.71 bits per heavy atom. The first-order chi connectivity index (χ1) is 21.1. The van der Waals surface area contributed by atoms with Gasteiger partial charge in [-0.05, 0) is 57.5 Å². The molecule has 4 aromatic rings. The molecule has 3 heterocycles. The molecular formula is C27H29F3N6O8S. The minimum Gasteiger partial charge on any atom is -0.431 e. The number of amides is 1. The number of halogens is 3. The summed E-state index contributed by atoms with van der Waals surface area (Å²) in [6, 6.07) is 11.7. The van der Waals surface area contributed by atoms with Crippen LogP contribution in [-0.2, 0) is 30.5 Å². The first-order valence-electron chi connectivity index (χ1n) is 13.6. The lowest BCUT2D eigenvalue weighted by Crippen LogP contribution is -2.61. The van der Waals surface area contributed by atoms with Crippen LogP contribution in [0.25, 0.3) is 16.9 Å².